The third-order valence-corrected chi connectivity index (χ3v) is 3.90. The van der Waals surface area contributed by atoms with Crippen LogP contribution in [0.15, 0.2) is 65.7 Å². The first-order valence-corrected chi connectivity index (χ1v) is 7.73. The number of nitrogens with zero attached hydrogens (tertiary/aromatic N) is 1. The molecule has 2 rings (SSSR count). The molecule has 1 N–H and O–H groups in total. The zero-order valence-corrected chi connectivity index (χ0v) is 13.5. The predicted octanol–water partition coefficient (Wildman–Crippen LogP) is 3.14. The molecule has 0 radical (unpaired) electrons. The van der Waals surface area contributed by atoms with E-state index in [0.717, 1.165) is 5.69 Å². The van der Waals surface area contributed by atoms with Gasteiger partial charge in [-0.05, 0) is 24.3 Å². The average Bonchev–Trinajstić information content (AvgIpc) is 2.81. The number of amides is 2. The molecule has 0 spiro atoms. The molecule has 1 fully saturated rings. The van der Waals surface area contributed by atoms with Gasteiger partial charge in [-0.3, -0.25) is 14.5 Å². The number of carbonyl (C=O) groups excluding carboxylic acids is 2. The van der Waals surface area contributed by atoms with Gasteiger partial charge in [-0.25, -0.2) is 0 Å². The van der Waals surface area contributed by atoms with E-state index in [1.54, 1.807) is 35.4 Å². The minimum absolute atomic E-state index is 0.0784. The predicted molar refractivity (Wildman–Crippen MR) is 94.3 cm³/mol. The molecule has 1 aliphatic rings. The van der Waals surface area contributed by atoms with E-state index < -0.39 is 0 Å². The normalized spacial score (nSPS) is 16.7. The Kier molecular flexibility index (Phi) is 5.68. The van der Waals surface area contributed by atoms with Crippen molar-refractivity contribution in [3.63, 3.8) is 0 Å². The molecule has 22 heavy (non-hydrogen) atoms. The van der Waals surface area contributed by atoms with E-state index in [1.165, 1.54) is 18.7 Å². The summed E-state index contributed by atoms with van der Waals surface area (Å²) in [5.74, 6) is -0.261. The Balaban J connectivity index is 2.02. The highest BCUT2D eigenvalue weighted by Crippen LogP contribution is 2.23. The van der Waals surface area contributed by atoms with E-state index in [4.69, 9.17) is 12.2 Å². The zero-order valence-electron chi connectivity index (χ0n) is 11.9. The molecule has 0 aromatic heterocycles. The average molecular weight is 330 g/mol. The van der Waals surface area contributed by atoms with Crippen molar-refractivity contribution in [1.29, 1.82) is 0 Å². The van der Waals surface area contributed by atoms with Gasteiger partial charge in [0.1, 0.15) is 4.32 Å². The summed E-state index contributed by atoms with van der Waals surface area (Å²) in [7, 11) is 0. The van der Waals surface area contributed by atoms with Gasteiger partial charge in [-0.1, -0.05) is 54.3 Å². The molecule has 0 unspecified atom stereocenters. The maximum absolute atomic E-state index is 11.7. The summed E-state index contributed by atoms with van der Waals surface area (Å²) in [6.45, 7) is 1.50. The van der Waals surface area contributed by atoms with Crippen LogP contribution in [-0.4, -0.2) is 16.1 Å². The standard InChI is InChI=1S/C16H14N2O2S2/c1-12(19)18(13-8-4-2-5-9-13)11-7-3-6-10-14-15(20)17-16(21)22-14/h2-11H,1H3,(H,17,20,21)/b6-3+,11-7+,14-10+. The van der Waals surface area contributed by atoms with E-state index in [0.29, 0.717) is 9.23 Å². The first-order chi connectivity index (χ1) is 10.6. The lowest BCUT2D eigenvalue weighted by Gasteiger charge is -2.15. The zero-order chi connectivity index (χ0) is 15.9. The highest BCUT2D eigenvalue weighted by molar-refractivity contribution is 8.26. The number of rotatable bonds is 4. The summed E-state index contributed by atoms with van der Waals surface area (Å²) in [5.41, 5.74) is 0.800. The monoisotopic (exact) mass is 330 g/mol. The fraction of sp³-hybridized carbons (Fsp3) is 0.0625. The van der Waals surface area contributed by atoms with Crippen LogP contribution >= 0.6 is 24.0 Å². The minimum atomic E-state index is -0.182. The molecule has 6 heteroatoms. The number of anilines is 1. The molecule has 0 aliphatic carbocycles. The SMILES string of the molecule is CC(=O)N(/C=C/C=C/C=C1/SC(=S)NC1=O)c1ccccc1. The van der Waals surface area contributed by atoms with Crippen molar-refractivity contribution in [2.75, 3.05) is 4.90 Å². The Morgan fingerprint density at radius 1 is 1.23 bits per heavy atom. The van der Waals surface area contributed by atoms with Gasteiger partial charge in [0.2, 0.25) is 5.91 Å². The molecule has 0 bridgehead atoms. The van der Waals surface area contributed by atoms with Gasteiger partial charge in [0.25, 0.3) is 5.91 Å². The number of hydrogen-bond donors (Lipinski definition) is 1. The van der Waals surface area contributed by atoms with Crippen LogP contribution < -0.4 is 10.2 Å². The Hall–Kier alpha value is -2.18. The van der Waals surface area contributed by atoms with Gasteiger partial charge in [0.05, 0.1) is 4.91 Å². The summed E-state index contributed by atoms with van der Waals surface area (Å²) in [6, 6.07) is 9.36. The topological polar surface area (TPSA) is 49.4 Å². The Bertz CT molecular complexity index is 679. The highest BCUT2D eigenvalue weighted by atomic mass is 32.2. The van der Waals surface area contributed by atoms with Crippen molar-refractivity contribution in [3.05, 3.63) is 65.7 Å². The van der Waals surface area contributed by atoms with Crippen LogP contribution in [0.3, 0.4) is 0 Å². The van der Waals surface area contributed by atoms with E-state index in [-0.39, 0.29) is 11.8 Å². The number of nitrogens with one attached hydrogen (secondary N) is 1. The van der Waals surface area contributed by atoms with Crippen LogP contribution in [-0.2, 0) is 9.59 Å². The Morgan fingerprint density at radius 2 is 1.95 bits per heavy atom. The van der Waals surface area contributed by atoms with Crippen molar-refractivity contribution in [2.45, 2.75) is 6.92 Å². The van der Waals surface area contributed by atoms with Crippen molar-refractivity contribution in [1.82, 2.24) is 5.32 Å². The van der Waals surface area contributed by atoms with E-state index in [9.17, 15) is 9.59 Å². The number of allylic oxidation sites excluding steroid dienone is 4. The molecule has 1 aromatic rings. The van der Waals surface area contributed by atoms with Crippen LogP contribution in [0.25, 0.3) is 0 Å². The molecule has 2 amide bonds. The van der Waals surface area contributed by atoms with Crippen LogP contribution in [0.2, 0.25) is 0 Å². The molecule has 112 valence electrons. The minimum Gasteiger partial charge on any atom is -0.307 e. The maximum atomic E-state index is 11.7. The second kappa shape index (κ2) is 7.72. The van der Waals surface area contributed by atoms with Gasteiger partial charge in [0, 0.05) is 18.8 Å². The van der Waals surface area contributed by atoms with Gasteiger partial charge in [0.15, 0.2) is 0 Å². The maximum Gasteiger partial charge on any atom is 0.263 e. The molecular weight excluding hydrogens is 316 g/mol. The molecular formula is C16H14N2O2S2. The second-order valence-electron chi connectivity index (χ2n) is 4.33. The summed E-state index contributed by atoms with van der Waals surface area (Å²) in [5, 5.41) is 2.54. The number of thioether (sulfide) groups is 1. The van der Waals surface area contributed by atoms with Crippen LogP contribution in [0.1, 0.15) is 6.92 Å². The molecule has 0 saturated carbocycles. The summed E-state index contributed by atoms with van der Waals surface area (Å²) >= 11 is 6.13. The molecule has 1 aromatic carbocycles. The molecule has 4 nitrogen and oxygen atoms in total. The largest absolute Gasteiger partial charge is 0.307 e. The third kappa shape index (κ3) is 4.41. The molecule has 1 saturated heterocycles. The van der Waals surface area contributed by atoms with E-state index >= 15 is 0 Å². The quantitative estimate of drug-likeness (QED) is 0.523. The number of carbonyl (C=O) groups is 2. The first kappa shape index (κ1) is 16.2. The van der Waals surface area contributed by atoms with E-state index in [2.05, 4.69) is 5.32 Å². The summed E-state index contributed by atoms with van der Waals surface area (Å²) in [6.07, 6.45) is 8.58. The van der Waals surface area contributed by atoms with Crippen LogP contribution in [0.5, 0.6) is 0 Å². The third-order valence-electron chi connectivity index (χ3n) is 2.72. The highest BCUT2D eigenvalue weighted by Gasteiger charge is 2.20. The lowest BCUT2D eigenvalue weighted by Crippen LogP contribution is -2.21. The van der Waals surface area contributed by atoms with Crippen molar-refractivity contribution in [2.24, 2.45) is 0 Å². The number of thiocarbonyl (C=S) groups is 1. The van der Waals surface area contributed by atoms with Gasteiger partial charge in [-0.15, -0.1) is 0 Å². The first-order valence-electron chi connectivity index (χ1n) is 6.51. The van der Waals surface area contributed by atoms with Crippen molar-refractivity contribution < 1.29 is 9.59 Å². The Labute approximate surface area is 138 Å². The number of hydrogen-bond acceptors (Lipinski definition) is 4. The van der Waals surface area contributed by atoms with Crippen LogP contribution in [0, 0.1) is 0 Å². The van der Waals surface area contributed by atoms with Crippen molar-refractivity contribution >= 4 is 45.8 Å². The fourth-order valence-electron chi connectivity index (χ4n) is 1.74. The smallest absolute Gasteiger partial charge is 0.263 e. The van der Waals surface area contributed by atoms with Gasteiger partial charge < -0.3 is 5.32 Å². The molecule has 1 aliphatic heterocycles. The van der Waals surface area contributed by atoms with E-state index in [1.807, 2.05) is 30.3 Å². The van der Waals surface area contributed by atoms with Gasteiger partial charge in [-0.2, -0.15) is 0 Å². The molecule has 0 atom stereocenters. The summed E-state index contributed by atoms with van der Waals surface area (Å²) < 4.78 is 0.465. The number of para-hydroxylation sites is 1. The fourth-order valence-corrected chi connectivity index (χ4v) is 2.74. The molecule has 1 heterocycles. The van der Waals surface area contributed by atoms with Gasteiger partial charge >= 0.3 is 0 Å². The second-order valence-corrected chi connectivity index (χ2v) is 6.04. The number of benzene rings is 1. The lowest BCUT2D eigenvalue weighted by molar-refractivity contribution is -0.116. The lowest BCUT2D eigenvalue weighted by atomic mass is 10.3. The van der Waals surface area contributed by atoms with Crippen molar-refractivity contribution in [3.8, 4) is 0 Å². The van der Waals surface area contributed by atoms with Crippen LogP contribution in [0.4, 0.5) is 5.69 Å². The summed E-state index contributed by atoms with van der Waals surface area (Å²) in [4.78, 5) is 25.2. The Morgan fingerprint density at radius 3 is 2.55 bits per heavy atom.